The van der Waals surface area contributed by atoms with Crippen LogP contribution in [0.4, 0.5) is 0 Å². The zero-order valence-corrected chi connectivity index (χ0v) is 18.6. The predicted octanol–water partition coefficient (Wildman–Crippen LogP) is 4.20. The number of halogens is 1. The lowest BCUT2D eigenvalue weighted by Crippen LogP contribution is -2.30. The molecule has 2 aromatic heterocycles. The molecule has 28 heavy (non-hydrogen) atoms. The second-order valence-electron chi connectivity index (χ2n) is 6.25. The molecule has 0 saturated carbocycles. The lowest BCUT2D eigenvalue weighted by Gasteiger charge is -2.22. The number of rotatable bonds is 7. The van der Waals surface area contributed by atoms with E-state index in [1.807, 2.05) is 17.5 Å². The van der Waals surface area contributed by atoms with E-state index in [9.17, 15) is 13.2 Å². The first-order chi connectivity index (χ1) is 13.3. The van der Waals surface area contributed by atoms with Gasteiger partial charge in [-0.15, -0.1) is 11.3 Å². The number of furan rings is 1. The van der Waals surface area contributed by atoms with E-state index in [-0.39, 0.29) is 17.3 Å². The summed E-state index contributed by atoms with van der Waals surface area (Å²) in [5, 5.41) is 1.95. The van der Waals surface area contributed by atoms with Gasteiger partial charge in [0, 0.05) is 29.0 Å². The number of thiophene rings is 1. The molecule has 0 N–H and O–H groups in total. The molecule has 3 aromatic rings. The van der Waals surface area contributed by atoms with Gasteiger partial charge in [0.2, 0.25) is 10.0 Å². The number of amides is 1. The van der Waals surface area contributed by atoms with E-state index in [4.69, 9.17) is 4.42 Å². The molecule has 2 heterocycles. The fourth-order valence-electron chi connectivity index (χ4n) is 2.59. The molecule has 6 nitrogen and oxygen atoms in total. The van der Waals surface area contributed by atoms with Crippen LogP contribution in [0.15, 0.2) is 67.9 Å². The van der Waals surface area contributed by atoms with Crippen LogP contribution in [0.1, 0.15) is 21.0 Å². The van der Waals surface area contributed by atoms with Gasteiger partial charge >= 0.3 is 0 Å². The number of hydrogen-bond acceptors (Lipinski definition) is 5. The maximum Gasteiger partial charge on any atom is 0.254 e. The van der Waals surface area contributed by atoms with E-state index < -0.39 is 10.0 Å². The molecule has 3 rings (SSSR count). The smallest absolute Gasteiger partial charge is 0.254 e. The number of benzene rings is 1. The summed E-state index contributed by atoms with van der Waals surface area (Å²) in [5.74, 6) is 0.385. The molecule has 148 valence electrons. The van der Waals surface area contributed by atoms with Crippen LogP contribution in [0.25, 0.3) is 0 Å². The number of sulfonamides is 1. The molecule has 0 aliphatic rings. The van der Waals surface area contributed by atoms with Crippen LogP contribution >= 0.6 is 27.3 Å². The number of hydrogen-bond donors (Lipinski definition) is 0. The van der Waals surface area contributed by atoms with Gasteiger partial charge in [0.05, 0.1) is 24.2 Å². The Hall–Kier alpha value is -1.94. The van der Waals surface area contributed by atoms with Crippen LogP contribution < -0.4 is 0 Å². The molecule has 1 aromatic carbocycles. The normalized spacial score (nSPS) is 11.7. The molecule has 1 amide bonds. The van der Waals surface area contributed by atoms with Crippen molar-refractivity contribution in [3.8, 4) is 0 Å². The van der Waals surface area contributed by atoms with Crippen molar-refractivity contribution in [2.24, 2.45) is 0 Å². The first-order valence-electron chi connectivity index (χ1n) is 8.35. The highest BCUT2D eigenvalue weighted by atomic mass is 79.9. The average Bonchev–Trinajstić information content (AvgIpc) is 3.34. The van der Waals surface area contributed by atoms with Crippen molar-refractivity contribution in [2.75, 3.05) is 14.1 Å². The summed E-state index contributed by atoms with van der Waals surface area (Å²) >= 11 is 4.83. The molecule has 0 saturated heterocycles. The van der Waals surface area contributed by atoms with Gasteiger partial charge in [-0.05, 0) is 57.7 Å². The minimum absolute atomic E-state index is 0.0532. The van der Waals surface area contributed by atoms with Crippen molar-refractivity contribution in [2.45, 2.75) is 18.0 Å². The Morgan fingerprint density at radius 2 is 1.93 bits per heavy atom. The van der Waals surface area contributed by atoms with Gasteiger partial charge in [0.25, 0.3) is 5.91 Å². The molecule has 9 heteroatoms. The quantitative estimate of drug-likeness (QED) is 0.505. The Morgan fingerprint density at radius 3 is 2.54 bits per heavy atom. The van der Waals surface area contributed by atoms with Gasteiger partial charge in [-0.1, -0.05) is 6.07 Å². The summed E-state index contributed by atoms with van der Waals surface area (Å²) in [7, 11) is -0.781. The van der Waals surface area contributed by atoms with E-state index in [2.05, 4.69) is 15.9 Å². The summed E-state index contributed by atoms with van der Waals surface area (Å²) in [5.41, 5.74) is 0.298. The highest BCUT2D eigenvalue weighted by Crippen LogP contribution is 2.26. The van der Waals surface area contributed by atoms with Crippen molar-refractivity contribution in [3.05, 3.63) is 74.8 Å². The summed E-state index contributed by atoms with van der Waals surface area (Å²) < 4.78 is 32.1. The largest absolute Gasteiger partial charge is 0.467 e. The van der Waals surface area contributed by atoms with E-state index in [0.717, 1.165) is 9.18 Å². The topological polar surface area (TPSA) is 70.8 Å². The van der Waals surface area contributed by atoms with Gasteiger partial charge in [0.15, 0.2) is 0 Å². The Balaban J connectivity index is 1.96. The molecular formula is C19H19BrN2O4S2. The predicted molar refractivity (Wildman–Crippen MR) is 112 cm³/mol. The highest BCUT2D eigenvalue weighted by molar-refractivity contribution is 9.10. The zero-order chi connectivity index (χ0) is 20.3. The molecule has 0 bridgehead atoms. The van der Waals surface area contributed by atoms with Crippen LogP contribution in [0.2, 0.25) is 0 Å². The average molecular weight is 483 g/mol. The van der Waals surface area contributed by atoms with Crippen molar-refractivity contribution in [1.29, 1.82) is 0 Å². The van der Waals surface area contributed by atoms with Crippen LogP contribution in [-0.2, 0) is 23.1 Å². The zero-order valence-electron chi connectivity index (χ0n) is 15.3. The van der Waals surface area contributed by atoms with Gasteiger partial charge in [-0.3, -0.25) is 4.79 Å². The van der Waals surface area contributed by atoms with Crippen LogP contribution in [0, 0.1) is 0 Å². The number of carbonyl (C=O) groups is 1. The molecule has 0 unspecified atom stereocenters. The first kappa shape index (κ1) is 20.8. The van der Waals surface area contributed by atoms with Crippen LogP contribution in [0.5, 0.6) is 0 Å². The summed E-state index contributed by atoms with van der Waals surface area (Å²) in [6.07, 6.45) is 1.56. The molecular weight excluding hydrogens is 464 g/mol. The Kier molecular flexibility index (Phi) is 6.39. The Morgan fingerprint density at radius 1 is 1.14 bits per heavy atom. The highest BCUT2D eigenvalue weighted by Gasteiger charge is 2.24. The minimum Gasteiger partial charge on any atom is -0.467 e. The summed E-state index contributed by atoms with van der Waals surface area (Å²) in [6.45, 7) is 0.693. The van der Waals surface area contributed by atoms with E-state index >= 15 is 0 Å². The number of carbonyl (C=O) groups excluding carboxylic acids is 1. The minimum atomic E-state index is -3.69. The van der Waals surface area contributed by atoms with Crippen LogP contribution in [-0.4, -0.2) is 37.6 Å². The van der Waals surface area contributed by atoms with Gasteiger partial charge in [-0.25, -0.2) is 12.7 Å². The molecule has 0 aliphatic carbocycles. The standard InChI is InChI=1S/C19H19BrN2O4S2/c1-21(2)28(24,25)18-11-14(7-8-17(18)20)19(23)22(12-15-5-3-9-26-15)13-16-6-4-10-27-16/h3-11H,12-13H2,1-2H3. The molecule has 0 spiro atoms. The van der Waals surface area contributed by atoms with Gasteiger partial charge < -0.3 is 9.32 Å². The second kappa shape index (κ2) is 8.60. The van der Waals surface area contributed by atoms with Crippen LogP contribution in [0.3, 0.4) is 0 Å². The second-order valence-corrected chi connectivity index (χ2v) is 10.3. The maximum atomic E-state index is 13.2. The van der Waals surface area contributed by atoms with Gasteiger partial charge in [-0.2, -0.15) is 0 Å². The fraction of sp³-hybridized carbons (Fsp3) is 0.211. The molecule has 0 radical (unpaired) electrons. The van der Waals surface area contributed by atoms with E-state index in [1.54, 1.807) is 46.8 Å². The maximum absolute atomic E-state index is 13.2. The lowest BCUT2D eigenvalue weighted by molar-refractivity contribution is 0.0719. The SMILES string of the molecule is CN(C)S(=O)(=O)c1cc(C(=O)N(Cc2ccco2)Cc2cccs2)ccc1Br. The van der Waals surface area contributed by atoms with Crippen molar-refractivity contribution >= 4 is 43.2 Å². The summed E-state index contributed by atoms with van der Waals surface area (Å²) in [4.78, 5) is 15.9. The third-order valence-corrected chi connectivity index (χ3v) is 7.75. The van der Waals surface area contributed by atoms with Crippen molar-refractivity contribution < 1.29 is 17.6 Å². The molecule has 0 aliphatic heterocycles. The van der Waals surface area contributed by atoms with E-state index in [0.29, 0.717) is 22.3 Å². The van der Waals surface area contributed by atoms with Crippen molar-refractivity contribution in [3.63, 3.8) is 0 Å². The monoisotopic (exact) mass is 482 g/mol. The van der Waals surface area contributed by atoms with Gasteiger partial charge in [0.1, 0.15) is 5.76 Å². The third-order valence-electron chi connectivity index (χ3n) is 4.08. The molecule has 0 fully saturated rings. The lowest BCUT2D eigenvalue weighted by atomic mass is 10.2. The summed E-state index contributed by atoms with van der Waals surface area (Å²) in [6, 6.07) is 12.1. The molecule has 0 atom stereocenters. The van der Waals surface area contributed by atoms with E-state index in [1.165, 1.54) is 20.2 Å². The first-order valence-corrected chi connectivity index (χ1v) is 11.5. The third kappa shape index (κ3) is 4.54. The fourth-order valence-corrected chi connectivity index (χ4v) is 5.16. The Labute approximate surface area is 176 Å². The van der Waals surface area contributed by atoms with Crippen molar-refractivity contribution in [1.82, 2.24) is 9.21 Å². The Bertz CT molecular complexity index is 1010. The number of nitrogens with zero attached hydrogens (tertiary/aromatic N) is 2.